The van der Waals surface area contributed by atoms with Crippen molar-refractivity contribution in [2.75, 3.05) is 6.54 Å². The van der Waals surface area contributed by atoms with E-state index in [0.717, 1.165) is 19.3 Å². The summed E-state index contributed by atoms with van der Waals surface area (Å²) in [6, 6.07) is -0.249. The average Bonchev–Trinajstić information content (AvgIpc) is 2.05. The largest absolute Gasteiger partial charge is 0.465 e. The van der Waals surface area contributed by atoms with E-state index in [2.05, 4.69) is 5.16 Å². The maximum Gasteiger partial charge on any atom is 0.407 e. The van der Waals surface area contributed by atoms with Crippen LogP contribution in [0.3, 0.4) is 0 Å². The zero-order chi connectivity index (χ0) is 8.97. The maximum absolute atomic E-state index is 10.6. The number of carbonyl (C=O) groups is 1. The molecule has 68 valence electrons. The number of rotatable bonds is 1. The third-order valence-corrected chi connectivity index (χ3v) is 2.03. The van der Waals surface area contributed by atoms with Gasteiger partial charge in [-0.15, -0.1) is 0 Å². The lowest BCUT2D eigenvalue weighted by Gasteiger charge is -2.30. The van der Waals surface area contributed by atoms with E-state index < -0.39 is 6.09 Å². The predicted octanol–water partition coefficient (Wildman–Crippen LogP) is 0.979. The van der Waals surface area contributed by atoms with Gasteiger partial charge in [0.1, 0.15) is 0 Å². The van der Waals surface area contributed by atoms with Gasteiger partial charge in [-0.3, -0.25) is 0 Å². The molecule has 12 heavy (non-hydrogen) atoms. The molecule has 1 heterocycles. The first-order chi connectivity index (χ1) is 5.75. The van der Waals surface area contributed by atoms with Gasteiger partial charge in [-0.05, 0) is 19.3 Å². The minimum Gasteiger partial charge on any atom is -0.465 e. The average molecular weight is 172 g/mol. The molecule has 5 heteroatoms. The Morgan fingerprint density at radius 3 is 2.92 bits per heavy atom. The Bertz CT molecular complexity index is 193. The molecule has 1 aliphatic rings. The van der Waals surface area contributed by atoms with Gasteiger partial charge in [-0.2, -0.15) is 0 Å². The van der Waals surface area contributed by atoms with Crippen LogP contribution >= 0.6 is 0 Å². The van der Waals surface area contributed by atoms with Crippen LogP contribution in [0.15, 0.2) is 5.16 Å². The van der Waals surface area contributed by atoms with E-state index in [0.29, 0.717) is 6.54 Å². The topological polar surface area (TPSA) is 73.1 Å². The first kappa shape index (κ1) is 8.83. The number of hydrogen-bond acceptors (Lipinski definition) is 3. The molecule has 1 unspecified atom stereocenters. The number of nitrogens with zero attached hydrogens (tertiary/aromatic N) is 2. The fourth-order valence-electron chi connectivity index (χ4n) is 1.43. The summed E-state index contributed by atoms with van der Waals surface area (Å²) in [5.41, 5.74) is 0. The molecular weight excluding hydrogens is 160 g/mol. The van der Waals surface area contributed by atoms with Crippen LogP contribution in [-0.2, 0) is 0 Å². The quantitative estimate of drug-likeness (QED) is 0.352. The second-order valence-electron chi connectivity index (χ2n) is 2.80. The Hall–Kier alpha value is -1.26. The Labute approximate surface area is 70.3 Å². The van der Waals surface area contributed by atoms with Crippen LogP contribution in [0, 0.1) is 0 Å². The molecule has 1 fully saturated rings. The third kappa shape index (κ3) is 1.87. The van der Waals surface area contributed by atoms with Gasteiger partial charge in [0, 0.05) is 6.54 Å². The molecule has 0 aromatic rings. The number of hydrogen-bond donors (Lipinski definition) is 2. The van der Waals surface area contributed by atoms with Gasteiger partial charge in [-0.25, -0.2) is 4.79 Å². The third-order valence-electron chi connectivity index (χ3n) is 2.03. The Balaban J connectivity index is 2.60. The first-order valence-electron chi connectivity index (χ1n) is 3.93. The molecule has 1 atom stereocenters. The van der Waals surface area contributed by atoms with Gasteiger partial charge in [-0.1, -0.05) is 5.16 Å². The van der Waals surface area contributed by atoms with Crippen molar-refractivity contribution in [2.24, 2.45) is 5.16 Å². The number of carboxylic acid groups (broad SMARTS) is 1. The molecule has 1 saturated heterocycles. The van der Waals surface area contributed by atoms with Gasteiger partial charge >= 0.3 is 6.09 Å². The van der Waals surface area contributed by atoms with Gasteiger partial charge in [0.2, 0.25) is 0 Å². The van der Waals surface area contributed by atoms with Crippen molar-refractivity contribution in [3.8, 4) is 0 Å². The highest BCUT2D eigenvalue weighted by Crippen LogP contribution is 2.15. The van der Waals surface area contributed by atoms with Crippen LogP contribution in [-0.4, -0.2) is 40.1 Å². The summed E-state index contributed by atoms with van der Waals surface area (Å²) in [5, 5.41) is 19.8. The van der Waals surface area contributed by atoms with Crippen molar-refractivity contribution in [3.63, 3.8) is 0 Å². The number of oxime groups is 1. The van der Waals surface area contributed by atoms with Gasteiger partial charge in [0.15, 0.2) is 0 Å². The summed E-state index contributed by atoms with van der Waals surface area (Å²) in [4.78, 5) is 11.9. The van der Waals surface area contributed by atoms with E-state index in [1.165, 1.54) is 11.1 Å². The first-order valence-corrected chi connectivity index (χ1v) is 3.93. The van der Waals surface area contributed by atoms with Crippen LogP contribution in [0.5, 0.6) is 0 Å². The molecule has 5 nitrogen and oxygen atoms in total. The molecule has 0 spiro atoms. The predicted molar refractivity (Wildman–Crippen MR) is 42.6 cm³/mol. The zero-order valence-electron chi connectivity index (χ0n) is 6.68. The molecule has 1 rings (SSSR count). The molecule has 0 saturated carbocycles. The highest BCUT2D eigenvalue weighted by molar-refractivity contribution is 5.74. The number of piperidine rings is 1. The van der Waals surface area contributed by atoms with Crippen LogP contribution in [0.1, 0.15) is 19.3 Å². The second-order valence-corrected chi connectivity index (χ2v) is 2.80. The van der Waals surface area contributed by atoms with Gasteiger partial charge in [0.25, 0.3) is 0 Å². The van der Waals surface area contributed by atoms with Crippen molar-refractivity contribution in [1.29, 1.82) is 0 Å². The SMILES string of the molecule is O=C(O)N1CCCCC1/C=N\O. The van der Waals surface area contributed by atoms with E-state index >= 15 is 0 Å². The molecule has 0 aliphatic carbocycles. The van der Waals surface area contributed by atoms with Crippen LogP contribution in [0.4, 0.5) is 4.79 Å². The molecule has 0 aromatic carbocycles. The molecule has 0 aromatic heterocycles. The standard InChI is InChI=1S/C7H12N2O3/c10-7(11)9-4-2-1-3-6(9)5-8-12/h5-6,12H,1-4H2,(H,10,11)/b8-5-. The monoisotopic (exact) mass is 172 g/mol. The minimum absolute atomic E-state index is 0.249. The van der Waals surface area contributed by atoms with E-state index in [1.54, 1.807) is 0 Å². The van der Waals surface area contributed by atoms with E-state index in [1.807, 2.05) is 0 Å². The van der Waals surface area contributed by atoms with Crippen molar-refractivity contribution >= 4 is 12.3 Å². The van der Waals surface area contributed by atoms with Gasteiger partial charge in [0.05, 0.1) is 12.3 Å². The minimum atomic E-state index is -0.945. The van der Waals surface area contributed by atoms with E-state index in [9.17, 15) is 4.79 Å². The number of amides is 1. The second kappa shape index (κ2) is 3.94. The summed E-state index contributed by atoms with van der Waals surface area (Å²) in [5.74, 6) is 0. The van der Waals surface area contributed by atoms with Crippen LogP contribution in [0.25, 0.3) is 0 Å². The van der Waals surface area contributed by atoms with Crippen molar-refractivity contribution in [1.82, 2.24) is 4.90 Å². The fourth-order valence-corrected chi connectivity index (χ4v) is 1.43. The molecular formula is C7H12N2O3. The van der Waals surface area contributed by atoms with Crippen LogP contribution in [0.2, 0.25) is 0 Å². The summed E-state index contributed by atoms with van der Waals surface area (Å²) < 4.78 is 0. The Kier molecular flexibility index (Phi) is 2.90. The lowest BCUT2D eigenvalue weighted by atomic mass is 10.0. The summed E-state index contributed by atoms with van der Waals surface area (Å²) in [6.07, 6.45) is 2.95. The fraction of sp³-hybridized carbons (Fsp3) is 0.714. The zero-order valence-corrected chi connectivity index (χ0v) is 6.68. The number of likely N-dealkylation sites (tertiary alicyclic amines) is 1. The maximum atomic E-state index is 10.6. The highest BCUT2D eigenvalue weighted by atomic mass is 16.4. The summed E-state index contributed by atoms with van der Waals surface area (Å²) in [6.45, 7) is 0.534. The van der Waals surface area contributed by atoms with Crippen molar-refractivity contribution in [3.05, 3.63) is 0 Å². The highest BCUT2D eigenvalue weighted by Gasteiger charge is 2.24. The molecule has 0 radical (unpaired) electrons. The Morgan fingerprint density at radius 2 is 2.33 bits per heavy atom. The Morgan fingerprint density at radius 1 is 1.58 bits per heavy atom. The lowest BCUT2D eigenvalue weighted by molar-refractivity contribution is 0.124. The van der Waals surface area contributed by atoms with Crippen molar-refractivity contribution < 1.29 is 15.1 Å². The van der Waals surface area contributed by atoms with E-state index in [4.69, 9.17) is 10.3 Å². The molecule has 1 aliphatic heterocycles. The molecule has 0 bridgehead atoms. The summed E-state index contributed by atoms with van der Waals surface area (Å²) >= 11 is 0. The smallest absolute Gasteiger partial charge is 0.407 e. The summed E-state index contributed by atoms with van der Waals surface area (Å²) in [7, 11) is 0. The normalized spacial score (nSPS) is 24.7. The van der Waals surface area contributed by atoms with Crippen LogP contribution < -0.4 is 0 Å². The molecule has 1 amide bonds. The van der Waals surface area contributed by atoms with E-state index in [-0.39, 0.29) is 6.04 Å². The van der Waals surface area contributed by atoms with Crippen molar-refractivity contribution in [2.45, 2.75) is 25.3 Å². The molecule has 2 N–H and O–H groups in total. The lowest BCUT2D eigenvalue weighted by Crippen LogP contribution is -2.43. The van der Waals surface area contributed by atoms with Gasteiger partial charge < -0.3 is 15.2 Å².